The molecule has 0 aliphatic carbocycles. The molecule has 0 aromatic rings. The molecule has 0 unspecified atom stereocenters. The summed E-state index contributed by atoms with van der Waals surface area (Å²) in [5.74, 6) is -0.523. The SMILES string of the molecule is CC[C@@H](CC(C)=O)C(=O)OC(C)(C)C. The summed E-state index contributed by atoms with van der Waals surface area (Å²) >= 11 is 0. The first-order chi connectivity index (χ1) is 6.26. The summed E-state index contributed by atoms with van der Waals surface area (Å²) in [4.78, 5) is 22.4. The molecule has 3 nitrogen and oxygen atoms in total. The molecule has 14 heavy (non-hydrogen) atoms. The normalized spacial score (nSPS) is 13.5. The second kappa shape index (κ2) is 5.13. The highest BCUT2D eigenvalue weighted by molar-refractivity contribution is 5.82. The lowest BCUT2D eigenvalue weighted by molar-refractivity contribution is -0.161. The van der Waals surface area contributed by atoms with E-state index in [0.29, 0.717) is 6.42 Å². The largest absolute Gasteiger partial charge is 0.460 e. The summed E-state index contributed by atoms with van der Waals surface area (Å²) in [5.41, 5.74) is -0.471. The van der Waals surface area contributed by atoms with Gasteiger partial charge in [0.25, 0.3) is 0 Å². The molecule has 0 fully saturated rings. The molecule has 0 radical (unpaired) electrons. The lowest BCUT2D eigenvalue weighted by Crippen LogP contribution is -2.29. The monoisotopic (exact) mass is 200 g/mol. The lowest BCUT2D eigenvalue weighted by atomic mass is 10.00. The van der Waals surface area contributed by atoms with Crippen LogP contribution in [0.25, 0.3) is 0 Å². The van der Waals surface area contributed by atoms with Gasteiger partial charge < -0.3 is 9.53 Å². The minimum absolute atomic E-state index is 0.0303. The molecule has 0 spiro atoms. The Morgan fingerprint density at radius 2 is 1.79 bits per heavy atom. The fourth-order valence-electron chi connectivity index (χ4n) is 1.13. The summed E-state index contributed by atoms with van der Waals surface area (Å²) < 4.78 is 5.20. The van der Waals surface area contributed by atoms with Gasteiger partial charge in [-0.1, -0.05) is 6.92 Å². The molecule has 0 aromatic heterocycles. The third-order valence-electron chi connectivity index (χ3n) is 1.77. The first kappa shape index (κ1) is 13.1. The number of rotatable bonds is 4. The summed E-state index contributed by atoms with van der Waals surface area (Å²) in [6, 6.07) is 0. The number of hydrogen-bond acceptors (Lipinski definition) is 3. The van der Waals surface area contributed by atoms with Gasteiger partial charge in [0, 0.05) is 6.42 Å². The van der Waals surface area contributed by atoms with E-state index in [9.17, 15) is 9.59 Å². The maximum Gasteiger partial charge on any atom is 0.309 e. The van der Waals surface area contributed by atoms with Crippen LogP contribution in [0.1, 0.15) is 47.5 Å². The van der Waals surface area contributed by atoms with Crippen LogP contribution >= 0.6 is 0 Å². The van der Waals surface area contributed by atoms with Crippen LogP contribution < -0.4 is 0 Å². The first-order valence-electron chi connectivity index (χ1n) is 4.98. The molecular formula is C11H20O3. The molecule has 1 atom stereocenters. The van der Waals surface area contributed by atoms with Crippen LogP contribution in [-0.2, 0) is 14.3 Å². The predicted octanol–water partition coefficient (Wildman–Crippen LogP) is 2.33. The highest BCUT2D eigenvalue weighted by atomic mass is 16.6. The summed E-state index contributed by atoms with van der Waals surface area (Å²) in [7, 11) is 0. The number of carbonyl (C=O) groups excluding carboxylic acids is 2. The standard InChI is InChI=1S/C11H20O3/c1-6-9(7-8(2)12)10(13)14-11(3,4)5/h9H,6-7H2,1-5H3/t9-/m0/s1. The smallest absolute Gasteiger partial charge is 0.309 e. The number of carbonyl (C=O) groups is 2. The molecule has 0 saturated heterocycles. The zero-order chi connectivity index (χ0) is 11.4. The van der Waals surface area contributed by atoms with Crippen molar-refractivity contribution in [2.45, 2.75) is 53.1 Å². The Kier molecular flexibility index (Phi) is 4.81. The Hall–Kier alpha value is -0.860. The van der Waals surface area contributed by atoms with E-state index in [1.807, 2.05) is 27.7 Å². The Bertz CT molecular complexity index is 213. The Balaban J connectivity index is 4.25. The fraction of sp³-hybridized carbons (Fsp3) is 0.818. The van der Waals surface area contributed by atoms with Gasteiger partial charge in [0.05, 0.1) is 5.92 Å². The van der Waals surface area contributed by atoms with Gasteiger partial charge in [0.15, 0.2) is 0 Å². The van der Waals surface area contributed by atoms with Gasteiger partial charge in [-0.05, 0) is 34.1 Å². The van der Waals surface area contributed by atoms with E-state index in [1.165, 1.54) is 6.92 Å². The molecule has 82 valence electrons. The average Bonchev–Trinajstić information content (AvgIpc) is 1.96. The third kappa shape index (κ3) is 5.73. The fourth-order valence-corrected chi connectivity index (χ4v) is 1.13. The van der Waals surface area contributed by atoms with Crippen LogP contribution in [0, 0.1) is 5.92 Å². The zero-order valence-corrected chi connectivity index (χ0v) is 9.72. The van der Waals surface area contributed by atoms with Gasteiger partial charge in [-0.3, -0.25) is 4.79 Å². The minimum Gasteiger partial charge on any atom is -0.460 e. The van der Waals surface area contributed by atoms with Gasteiger partial charge in [0.1, 0.15) is 11.4 Å². The van der Waals surface area contributed by atoms with Crippen LogP contribution in [0.3, 0.4) is 0 Å². The molecule has 0 aliphatic heterocycles. The zero-order valence-electron chi connectivity index (χ0n) is 9.72. The highest BCUT2D eigenvalue weighted by Gasteiger charge is 2.24. The van der Waals surface area contributed by atoms with E-state index >= 15 is 0 Å². The number of ether oxygens (including phenoxy) is 1. The van der Waals surface area contributed by atoms with Crippen molar-refractivity contribution < 1.29 is 14.3 Å². The third-order valence-corrected chi connectivity index (χ3v) is 1.77. The van der Waals surface area contributed by atoms with Crippen molar-refractivity contribution in [2.24, 2.45) is 5.92 Å². The first-order valence-corrected chi connectivity index (χ1v) is 4.98. The maximum atomic E-state index is 11.6. The second-order valence-electron chi connectivity index (χ2n) is 4.54. The molecular weight excluding hydrogens is 180 g/mol. The molecule has 0 amide bonds. The van der Waals surface area contributed by atoms with Crippen LogP contribution in [0.5, 0.6) is 0 Å². The minimum atomic E-state index is -0.471. The van der Waals surface area contributed by atoms with Gasteiger partial charge in [0.2, 0.25) is 0 Å². The summed E-state index contributed by atoms with van der Waals surface area (Å²) in [5, 5.41) is 0. The van der Waals surface area contributed by atoms with Gasteiger partial charge in [-0.2, -0.15) is 0 Å². The Morgan fingerprint density at radius 3 is 2.07 bits per heavy atom. The van der Waals surface area contributed by atoms with Crippen molar-refractivity contribution >= 4 is 11.8 Å². The summed E-state index contributed by atoms with van der Waals surface area (Å²) in [6.07, 6.45) is 0.930. The molecule has 0 heterocycles. The van der Waals surface area contributed by atoms with Crippen molar-refractivity contribution in [3.63, 3.8) is 0 Å². The maximum absolute atomic E-state index is 11.6. The molecule has 0 aliphatic rings. The molecule has 0 bridgehead atoms. The van der Waals surface area contributed by atoms with E-state index in [4.69, 9.17) is 4.74 Å². The van der Waals surface area contributed by atoms with E-state index in [0.717, 1.165) is 0 Å². The number of Topliss-reactive ketones (excluding diaryl/α,β-unsaturated/α-hetero) is 1. The molecule has 0 N–H and O–H groups in total. The summed E-state index contributed by atoms with van der Waals surface area (Å²) in [6.45, 7) is 8.85. The molecule has 3 heteroatoms. The number of hydrogen-bond donors (Lipinski definition) is 0. The molecule has 0 saturated carbocycles. The Morgan fingerprint density at radius 1 is 1.29 bits per heavy atom. The van der Waals surface area contributed by atoms with E-state index in [2.05, 4.69) is 0 Å². The van der Waals surface area contributed by atoms with E-state index < -0.39 is 5.60 Å². The molecule has 0 aromatic carbocycles. The van der Waals surface area contributed by atoms with Gasteiger partial charge >= 0.3 is 5.97 Å². The van der Waals surface area contributed by atoms with Gasteiger partial charge in [-0.15, -0.1) is 0 Å². The van der Waals surface area contributed by atoms with E-state index in [-0.39, 0.29) is 24.1 Å². The van der Waals surface area contributed by atoms with Crippen LogP contribution in [0.15, 0.2) is 0 Å². The van der Waals surface area contributed by atoms with Gasteiger partial charge in [-0.25, -0.2) is 0 Å². The van der Waals surface area contributed by atoms with Crippen LogP contribution in [-0.4, -0.2) is 17.4 Å². The van der Waals surface area contributed by atoms with Crippen LogP contribution in [0.4, 0.5) is 0 Å². The quantitative estimate of drug-likeness (QED) is 0.654. The topological polar surface area (TPSA) is 43.4 Å². The van der Waals surface area contributed by atoms with Crippen molar-refractivity contribution in [3.05, 3.63) is 0 Å². The van der Waals surface area contributed by atoms with Crippen molar-refractivity contribution in [3.8, 4) is 0 Å². The van der Waals surface area contributed by atoms with Crippen molar-refractivity contribution in [1.82, 2.24) is 0 Å². The molecule has 0 rings (SSSR count). The second-order valence-corrected chi connectivity index (χ2v) is 4.54. The van der Waals surface area contributed by atoms with Crippen molar-refractivity contribution in [1.29, 1.82) is 0 Å². The average molecular weight is 200 g/mol. The Labute approximate surface area is 85.8 Å². The van der Waals surface area contributed by atoms with Crippen molar-refractivity contribution in [2.75, 3.05) is 0 Å². The number of ketones is 1. The number of esters is 1. The van der Waals surface area contributed by atoms with E-state index in [1.54, 1.807) is 0 Å². The lowest BCUT2D eigenvalue weighted by Gasteiger charge is -2.22. The van der Waals surface area contributed by atoms with Crippen LogP contribution in [0.2, 0.25) is 0 Å². The highest BCUT2D eigenvalue weighted by Crippen LogP contribution is 2.16. The predicted molar refractivity (Wildman–Crippen MR) is 54.9 cm³/mol.